The van der Waals surface area contributed by atoms with E-state index in [1.807, 2.05) is 0 Å². The van der Waals surface area contributed by atoms with Crippen molar-refractivity contribution in [2.45, 2.75) is 17.9 Å². The van der Waals surface area contributed by atoms with E-state index in [0.717, 1.165) is 4.88 Å². The molecule has 2 heterocycles. The van der Waals surface area contributed by atoms with Gasteiger partial charge in [-0.3, -0.25) is 0 Å². The van der Waals surface area contributed by atoms with Gasteiger partial charge in [0.2, 0.25) is 10.0 Å². The normalized spacial score (nSPS) is 12.8. The molecule has 2 aromatic rings. The zero-order valence-corrected chi connectivity index (χ0v) is 12.8. The van der Waals surface area contributed by atoms with Crippen molar-refractivity contribution >= 4 is 33.0 Å². The van der Waals surface area contributed by atoms with E-state index in [2.05, 4.69) is 9.71 Å². The molecule has 2 rings (SSSR count). The van der Waals surface area contributed by atoms with Gasteiger partial charge in [-0.25, -0.2) is 18.1 Å². The van der Waals surface area contributed by atoms with Crippen molar-refractivity contribution in [1.82, 2.24) is 9.71 Å². The molecule has 0 bridgehead atoms. The number of nitrogens with zero attached hydrogens (tertiary/aromatic N) is 2. The highest BCUT2D eigenvalue weighted by molar-refractivity contribution is 7.89. The summed E-state index contributed by atoms with van der Waals surface area (Å²) in [5.74, 6) is 0. The summed E-state index contributed by atoms with van der Waals surface area (Å²) < 4.78 is 27.6. The van der Waals surface area contributed by atoms with Crippen molar-refractivity contribution in [2.75, 3.05) is 0 Å². The number of halogens is 1. The van der Waals surface area contributed by atoms with E-state index in [9.17, 15) is 8.42 Å². The first-order valence-corrected chi connectivity index (χ1v) is 8.24. The summed E-state index contributed by atoms with van der Waals surface area (Å²) in [5.41, 5.74) is -0.128. The van der Waals surface area contributed by atoms with Crippen molar-refractivity contribution in [2.24, 2.45) is 0 Å². The number of nitrogens with one attached hydrogen (secondary N) is 1. The molecule has 104 valence electrons. The van der Waals surface area contributed by atoms with Gasteiger partial charge in [-0.15, -0.1) is 11.3 Å². The molecule has 0 fully saturated rings. The Morgan fingerprint density at radius 1 is 1.45 bits per heavy atom. The smallest absolute Gasteiger partial charge is 0.244 e. The fraction of sp³-hybridized carbons (Fsp3) is 0.167. The maximum atomic E-state index is 12.3. The molecule has 20 heavy (non-hydrogen) atoms. The number of nitriles is 1. The lowest BCUT2D eigenvalue weighted by Gasteiger charge is -2.13. The van der Waals surface area contributed by atoms with Gasteiger partial charge in [0.05, 0.1) is 10.4 Å². The van der Waals surface area contributed by atoms with Crippen molar-refractivity contribution in [1.29, 1.82) is 5.26 Å². The number of aromatic nitrogens is 1. The minimum atomic E-state index is -3.81. The molecule has 0 aliphatic rings. The second-order valence-electron chi connectivity index (χ2n) is 3.95. The molecule has 5 nitrogen and oxygen atoms in total. The van der Waals surface area contributed by atoms with Crippen LogP contribution in [-0.2, 0) is 10.0 Å². The summed E-state index contributed by atoms with van der Waals surface area (Å²) >= 11 is 7.13. The molecule has 0 aromatic carbocycles. The standard InChI is InChI=1S/C12H10ClN3O2S2/c1-8(10-4-5-12(13)19-10)16-20(17,18)11-3-2-6-15-9(11)7-14/h2-6,8,16H,1H3. The van der Waals surface area contributed by atoms with Crippen molar-refractivity contribution in [3.63, 3.8) is 0 Å². The third-order valence-corrected chi connectivity index (χ3v) is 5.50. The van der Waals surface area contributed by atoms with Gasteiger partial charge in [0.15, 0.2) is 5.69 Å². The number of sulfonamides is 1. The van der Waals surface area contributed by atoms with Crippen LogP contribution in [0.3, 0.4) is 0 Å². The highest BCUT2D eigenvalue weighted by Crippen LogP contribution is 2.27. The Balaban J connectivity index is 2.30. The molecule has 0 radical (unpaired) electrons. The highest BCUT2D eigenvalue weighted by atomic mass is 35.5. The zero-order chi connectivity index (χ0) is 14.8. The van der Waals surface area contributed by atoms with Crippen LogP contribution in [0.25, 0.3) is 0 Å². The molecule has 0 saturated carbocycles. The second kappa shape index (κ2) is 5.89. The maximum Gasteiger partial charge on any atom is 0.244 e. The van der Waals surface area contributed by atoms with E-state index in [4.69, 9.17) is 16.9 Å². The number of rotatable bonds is 4. The van der Waals surface area contributed by atoms with Gasteiger partial charge in [-0.05, 0) is 31.2 Å². The molecule has 1 atom stereocenters. The molecular weight excluding hydrogens is 318 g/mol. The minimum Gasteiger partial charge on any atom is -0.244 e. The molecule has 0 aliphatic carbocycles. The van der Waals surface area contributed by atoms with Crippen molar-refractivity contribution < 1.29 is 8.42 Å². The van der Waals surface area contributed by atoms with Gasteiger partial charge in [-0.1, -0.05) is 11.6 Å². The van der Waals surface area contributed by atoms with E-state index in [-0.39, 0.29) is 10.6 Å². The van der Waals surface area contributed by atoms with Gasteiger partial charge < -0.3 is 0 Å². The SMILES string of the molecule is CC(NS(=O)(=O)c1cccnc1C#N)c1ccc(Cl)s1. The predicted octanol–water partition coefficient (Wildman–Crippen LogP) is 2.71. The lowest BCUT2D eigenvalue weighted by molar-refractivity contribution is 0.568. The number of pyridine rings is 1. The van der Waals surface area contributed by atoms with Crippen LogP contribution in [0.2, 0.25) is 4.34 Å². The Labute approximate surface area is 125 Å². The van der Waals surface area contributed by atoms with Crippen LogP contribution in [0.4, 0.5) is 0 Å². The summed E-state index contributed by atoms with van der Waals surface area (Å²) in [5, 5.41) is 8.92. The maximum absolute atomic E-state index is 12.3. The lowest BCUT2D eigenvalue weighted by atomic mass is 10.3. The average Bonchev–Trinajstić information content (AvgIpc) is 2.85. The van der Waals surface area contributed by atoms with Crippen LogP contribution in [0.15, 0.2) is 35.4 Å². The largest absolute Gasteiger partial charge is 0.244 e. The topological polar surface area (TPSA) is 82.8 Å². The predicted molar refractivity (Wildman–Crippen MR) is 77.0 cm³/mol. The van der Waals surface area contributed by atoms with Gasteiger partial charge in [0.25, 0.3) is 0 Å². The molecule has 2 aromatic heterocycles. The molecule has 1 N–H and O–H groups in total. The Morgan fingerprint density at radius 3 is 2.80 bits per heavy atom. The summed E-state index contributed by atoms with van der Waals surface area (Å²) in [6.45, 7) is 1.71. The zero-order valence-electron chi connectivity index (χ0n) is 10.4. The molecule has 1 unspecified atom stereocenters. The number of thiophene rings is 1. The first kappa shape index (κ1) is 14.9. The van der Waals surface area contributed by atoms with Crippen LogP contribution in [0, 0.1) is 11.3 Å². The second-order valence-corrected chi connectivity index (χ2v) is 7.38. The summed E-state index contributed by atoms with van der Waals surface area (Å²) in [6.07, 6.45) is 1.38. The fourth-order valence-electron chi connectivity index (χ4n) is 1.61. The van der Waals surface area contributed by atoms with E-state index in [0.29, 0.717) is 4.34 Å². The van der Waals surface area contributed by atoms with Gasteiger partial charge in [-0.2, -0.15) is 5.26 Å². The average molecular weight is 328 g/mol. The fourth-order valence-corrected chi connectivity index (χ4v) is 4.07. The first-order chi connectivity index (χ1) is 9.44. The molecule has 0 saturated heterocycles. The summed E-state index contributed by atoms with van der Waals surface area (Å²) in [4.78, 5) is 4.41. The van der Waals surface area contributed by atoms with Crippen LogP contribution < -0.4 is 4.72 Å². The highest BCUT2D eigenvalue weighted by Gasteiger charge is 2.22. The molecule has 8 heteroatoms. The monoisotopic (exact) mass is 327 g/mol. The van der Waals surface area contributed by atoms with Crippen LogP contribution in [-0.4, -0.2) is 13.4 Å². The van der Waals surface area contributed by atoms with Crippen molar-refractivity contribution in [3.8, 4) is 6.07 Å². The van der Waals surface area contributed by atoms with Crippen molar-refractivity contribution in [3.05, 3.63) is 45.4 Å². The van der Waals surface area contributed by atoms with E-state index in [1.54, 1.807) is 25.1 Å². The lowest BCUT2D eigenvalue weighted by Crippen LogP contribution is -2.27. The van der Waals surface area contributed by atoms with E-state index in [1.165, 1.54) is 29.7 Å². The molecule has 0 aliphatic heterocycles. The Morgan fingerprint density at radius 2 is 2.20 bits per heavy atom. The van der Waals surface area contributed by atoms with E-state index < -0.39 is 16.1 Å². The number of hydrogen-bond acceptors (Lipinski definition) is 5. The first-order valence-electron chi connectivity index (χ1n) is 5.56. The molecule has 0 amide bonds. The summed E-state index contributed by atoms with van der Waals surface area (Å²) in [7, 11) is -3.81. The molecular formula is C12H10ClN3O2S2. The third kappa shape index (κ3) is 3.16. The Hall–Kier alpha value is -1.46. The third-order valence-electron chi connectivity index (χ3n) is 2.52. The quantitative estimate of drug-likeness (QED) is 0.935. The van der Waals surface area contributed by atoms with Crippen LogP contribution >= 0.6 is 22.9 Å². The van der Waals surface area contributed by atoms with Gasteiger partial charge >= 0.3 is 0 Å². The van der Waals surface area contributed by atoms with Gasteiger partial charge in [0.1, 0.15) is 11.0 Å². The summed E-state index contributed by atoms with van der Waals surface area (Å²) in [6, 6.07) is 7.62. The Bertz CT molecular complexity index is 765. The van der Waals surface area contributed by atoms with Gasteiger partial charge in [0, 0.05) is 11.1 Å². The van der Waals surface area contributed by atoms with Crippen LogP contribution in [0.5, 0.6) is 0 Å². The minimum absolute atomic E-state index is 0.128. The molecule has 0 spiro atoms. The van der Waals surface area contributed by atoms with E-state index >= 15 is 0 Å². The number of hydrogen-bond donors (Lipinski definition) is 1. The Kier molecular flexibility index (Phi) is 4.40. The van der Waals surface area contributed by atoms with Crippen LogP contribution in [0.1, 0.15) is 23.5 Å².